The molecule has 9 atom stereocenters. The van der Waals surface area contributed by atoms with Crippen molar-refractivity contribution in [1.82, 2.24) is 5.32 Å². The first-order valence-electron chi connectivity index (χ1n) is 20.5. The number of fused-ring (bicyclic) bond motifs is 7. The van der Waals surface area contributed by atoms with Crippen LogP contribution in [0.5, 0.6) is 0 Å². The number of carboxylic acids is 1. The Morgan fingerprint density at radius 3 is 2.20 bits per heavy atom. The Labute approximate surface area is 333 Å². The molecule has 5 aliphatic rings. The maximum atomic E-state index is 14.2. The molecule has 0 spiro atoms. The van der Waals surface area contributed by atoms with Crippen LogP contribution in [0, 0.1) is 56.2 Å². The fourth-order valence-corrected chi connectivity index (χ4v) is 14.8. The summed E-state index contributed by atoms with van der Waals surface area (Å²) in [6, 6.07) is 7.37. The summed E-state index contributed by atoms with van der Waals surface area (Å²) in [7, 11) is -4.56. The largest absolute Gasteiger partial charge is 0.481 e. The predicted molar refractivity (Wildman–Crippen MR) is 214 cm³/mol. The van der Waals surface area contributed by atoms with Gasteiger partial charge in [0.15, 0.2) is 5.78 Å². The molecule has 1 aromatic rings. The van der Waals surface area contributed by atoms with Crippen molar-refractivity contribution in [2.75, 3.05) is 6.54 Å². The van der Waals surface area contributed by atoms with E-state index in [1.807, 2.05) is 26.0 Å². The van der Waals surface area contributed by atoms with Crippen molar-refractivity contribution in [2.45, 2.75) is 144 Å². The Balaban J connectivity index is 1.31. The second-order valence-electron chi connectivity index (χ2n) is 20.3. The first-order chi connectivity index (χ1) is 25.3. The van der Waals surface area contributed by atoms with Gasteiger partial charge in [0.1, 0.15) is 11.4 Å². The van der Waals surface area contributed by atoms with Crippen molar-refractivity contribution in [3.05, 3.63) is 46.0 Å². The fourth-order valence-electron chi connectivity index (χ4n) is 13.4. The number of rotatable bonds is 11. The maximum absolute atomic E-state index is 14.2. The van der Waals surface area contributed by atoms with Gasteiger partial charge in [0, 0.05) is 35.4 Å². The zero-order valence-electron chi connectivity index (χ0n) is 34.4. The lowest BCUT2D eigenvalue weighted by atomic mass is 9.33. The molecule has 0 aliphatic heterocycles. The molecule has 4 fully saturated rings. The van der Waals surface area contributed by atoms with Crippen LogP contribution >= 0.6 is 11.6 Å². The highest BCUT2D eigenvalue weighted by Gasteiger charge is 2.71. The van der Waals surface area contributed by atoms with Gasteiger partial charge in [-0.15, -0.1) is 0 Å². The van der Waals surface area contributed by atoms with E-state index < -0.39 is 38.1 Å². The lowest BCUT2D eigenvalue weighted by Gasteiger charge is -2.72. The topological polar surface area (TPSA) is 147 Å². The van der Waals surface area contributed by atoms with Gasteiger partial charge in [0.05, 0.1) is 11.8 Å². The first kappa shape index (κ1) is 42.3. The van der Waals surface area contributed by atoms with Crippen molar-refractivity contribution in [2.24, 2.45) is 56.2 Å². The number of aliphatic carboxylic acids is 1. The van der Waals surface area contributed by atoms with Crippen LogP contribution in [0.2, 0.25) is 5.02 Å². The summed E-state index contributed by atoms with van der Waals surface area (Å²) in [5, 5.41) is 12.4. The van der Waals surface area contributed by atoms with E-state index in [-0.39, 0.29) is 70.7 Å². The van der Waals surface area contributed by atoms with Crippen LogP contribution in [0.1, 0.15) is 132 Å². The average Bonchev–Trinajstić information content (AvgIpc) is 3.37. The molecular weight excluding hydrogens is 738 g/mol. The standard InChI is InChI=1S/C44H64ClNO8S/c1-26(2)36-30(47)22-44(34(55(51,52)53)25-46-24-27-10-12-28(45)13-11-27)21-20-42(8)29(37(36)44)14-15-32-41(7)18-17-33(54-35(48)23-39(3,4)38(49)50)40(5,6)31(41)16-19-43(32,42)9/h10-13,26,29,31-34,46H,14-25H2,1-9H3,(H,49,50)(H,51,52,53). The Bertz CT molecular complexity index is 1850. The molecule has 11 heteroatoms. The third-order valence-electron chi connectivity index (χ3n) is 16.4. The third-order valence-corrected chi connectivity index (χ3v) is 18.0. The molecule has 6 rings (SSSR count). The summed E-state index contributed by atoms with van der Waals surface area (Å²) >= 11 is 6.09. The molecule has 0 heterocycles. The van der Waals surface area contributed by atoms with Gasteiger partial charge in [-0.3, -0.25) is 18.9 Å². The summed E-state index contributed by atoms with van der Waals surface area (Å²) < 4.78 is 44.2. The van der Waals surface area contributed by atoms with Crippen molar-refractivity contribution in [1.29, 1.82) is 0 Å². The Morgan fingerprint density at radius 2 is 1.60 bits per heavy atom. The normalized spacial score (nSPS) is 36.4. The quantitative estimate of drug-likeness (QED) is 0.147. The van der Waals surface area contributed by atoms with Crippen molar-refractivity contribution < 1.29 is 37.2 Å². The molecule has 5 aliphatic carbocycles. The minimum atomic E-state index is -4.56. The number of benzene rings is 1. The Kier molecular flexibility index (Phi) is 11.0. The summed E-state index contributed by atoms with van der Waals surface area (Å²) in [4.78, 5) is 39.1. The van der Waals surface area contributed by atoms with Crippen LogP contribution in [0.25, 0.3) is 0 Å². The number of hydrogen-bond donors (Lipinski definition) is 3. The highest BCUT2D eigenvalue weighted by Crippen LogP contribution is 2.77. The maximum Gasteiger partial charge on any atom is 0.309 e. The number of Topliss-reactive ketones (excluding diaryl/α,β-unsaturated/α-hetero) is 1. The van der Waals surface area contributed by atoms with Gasteiger partial charge >= 0.3 is 11.9 Å². The summed E-state index contributed by atoms with van der Waals surface area (Å²) in [5.41, 5.74) is -0.111. The number of carboxylic acid groups (broad SMARTS) is 1. The number of carbonyl (C=O) groups excluding carboxylic acids is 2. The van der Waals surface area contributed by atoms with Crippen LogP contribution in [-0.4, -0.2) is 53.7 Å². The monoisotopic (exact) mass is 801 g/mol. The van der Waals surface area contributed by atoms with Gasteiger partial charge in [0.2, 0.25) is 0 Å². The van der Waals surface area contributed by atoms with E-state index in [0.717, 1.165) is 55.2 Å². The summed E-state index contributed by atoms with van der Waals surface area (Å²) in [6.07, 6.45) is 6.24. The number of allylic oxidation sites excluding steroid dienone is 2. The van der Waals surface area contributed by atoms with E-state index >= 15 is 0 Å². The van der Waals surface area contributed by atoms with Crippen LogP contribution in [0.4, 0.5) is 0 Å². The van der Waals surface area contributed by atoms with Crippen LogP contribution < -0.4 is 5.32 Å². The average molecular weight is 803 g/mol. The fraction of sp³-hybridized carbons (Fsp3) is 0.750. The molecule has 306 valence electrons. The van der Waals surface area contributed by atoms with Gasteiger partial charge in [-0.1, -0.05) is 77.8 Å². The number of carbonyl (C=O) groups is 3. The molecule has 0 radical (unpaired) electrons. The van der Waals surface area contributed by atoms with Crippen molar-refractivity contribution >= 4 is 39.4 Å². The number of halogens is 1. The molecule has 0 saturated heterocycles. The number of esters is 1. The highest BCUT2D eigenvalue weighted by atomic mass is 35.5. The molecule has 0 amide bonds. The molecule has 3 N–H and O–H groups in total. The lowest BCUT2D eigenvalue weighted by Crippen LogP contribution is -2.66. The zero-order valence-corrected chi connectivity index (χ0v) is 36.0. The van der Waals surface area contributed by atoms with E-state index in [2.05, 4.69) is 39.9 Å². The zero-order chi connectivity index (χ0) is 40.7. The molecule has 4 saturated carbocycles. The number of hydrogen-bond acceptors (Lipinski definition) is 7. The van der Waals surface area contributed by atoms with Gasteiger partial charge in [0.25, 0.3) is 10.1 Å². The second kappa shape index (κ2) is 14.2. The van der Waals surface area contributed by atoms with Crippen molar-refractivity contribution in [3.8, 4) is 0 Å². The molecule has 9 unspecified atom stereocenters. The van der Waals surface area contributed by atoms with Crippen LogP contribution in [-0.2, 0) is 35.8 Å². The number of ether oxygens (including phenoxy) is 1. The van der Waals surface area contributed by atoms with Gasteiger partial charge in [-0.05, 0) is 128 Å². The molecule has 9 nitrogen and oxygen atoms in total. The van der Waals surface area contributed by atoms with E-state index in [0.29, 0.717) is 30.3 Å². The van der Waals surface area contributed by atoms with E-state index in [9.17, 15) is 32.5 Å². The third kappa shape index (κ3) is 6.84. The molecule has 55 heavy (non-hydrogen) atoms. The minimum absolute atomic E-state index is 0.00917. The first-order valence-corrected chi connectivity index (χ1v) is 22.4. The van der Waals surface area contributed by atoms with E-state index in [1.54, 1.807) is 26.0 Å². The van der Waals surface area contributed by atoms with Crippen molar-refractivity contribution in [3.63, 3.8) is 0 Å². The number of ketones is 1. The molecular formula is C44H64ClNO8S. The molecule has 1 aromatic carbocycles. The van der Waals surface area contributed by atoms with Gasteiger partial charge < -0.3 is 15.2 Å². The van der Waals surface area contributed by atoms with Gasteiger partial charge in [-0.2, -0.15) is 8.42 Å². The number of nitrogens with one attached hydrogen (secondary N) is 1. The van der Waals surface area contributed by atoms with Crippen LogP contribution in [0.3, 0.4) is 0 Å². The summed E-state index contributed by atoms with van der Waals surface area (Å²) in [5.74, 6) is -0.874. The highest BCUT2D eigenvalue weighted by molar-refractivity contribution is 7.86. The SMILES string of the molecule is CC(C)C1=C2C3CCC4C5(C)CCC(OC(=O)CC(C)(C)C(=O)O)C(C)(C)C5CCC4(C)C3(C)CCC2(C(CNCc2ccc(Cl)cc2)S(=O)(=O)O)CC1=O. The van der Waals surface area contributed by atoms with E-state index in [1.165, 1.54) is 0 Å². The van der Waals surface area contributed by atoms with Crippen LogP contribution in [0.15, 0.2) is 35.4 Å². The summed E-state index contributed by atoms with van der Waals surface area (Å²) in [6.45, 7) is 19.4. The van der Waals surface area contributed by atoms with Gasteiger partial charge in [-0.25, -0.2) is 0 Å². The molecule has 0 aromatic heterocycles. The smallest absolute Gasteiger partial charge is 0.309 e. The second-order valence-corrected chi connectivity index (χ2v) is 22.4. The predicted octanol–water partition coefficient (Wildman–Crippen LogP) is 9.08. The van der Waals surface area contributed by atoms with E-state index in [4.69, 9.17) is 16.3 Å². The Hall–Kier alpha value is -2.27. The minimum Gasteiger partial charge on any atom is -0.481 e. The molecule has 0 bridgehead atoms. The lowest BCUT2D eigenvalue weighted by molar-refractivity contribution is -0.233. The Morgan fingerprint density at radius 1 is 0.945 bits per heavy atom.